The van der Waals surface area contributed by atoms with Crippen molar-refractivity contribution in [1.29, 1.82) is 0 Å². The summed E-state index contributed by atoms with van der Waals surface area (Å²) in [7, 11) is 0. The van der Waals surface area contributed by atoms with Gasteiger partial charge in [-0.05, 0) is 61.2 Å². The lowest BCUT2D eigenvalue weighted by molar-refractivity contribution is -0.0551. The minimum atomic E-state index is -0.556. The molecule has 3 aliphatic rings. The van der Waals surface area contributed by atoms with E-state index in [1.165, 1.54) is 0 Å². The van der Waals surface area contributed by atoms with E-state index < -0.39 is 5.82 Å². The van der Waals surface area contributed by atoms with Crippen LogP contribution in [0.25, 0.3) is 32.8 Å². The lowest BCUT2D eigenvalue weighted by Crippen LogP contribution is -2.51. The Labute approximate surface area is 262 Å². The van der Waals surface area contributed by atoms with Crippen molar-refractivity contribution in [2.24, 2.45) is 5.92 Å². The zero-order valence-corrected chi connectivity index (χ0v) is 26.1. The van der Waals surface area contributed by atoms with Crippen LogP contribution >= 0.6 is 11.6 Å². The highest BCUT2D eigenvalue weighted by atomic mass is 35.5. The molecular formula is C34H39ClFN5O3. The Hall–Kier alpha value is -3.24. The number of halogens is 2. The van der Waals surface area contributed by atoms with E-state index in [0.29, 0.717) is 41.5 Å². The van der Waals surface area contributed by atoms with E-state index in [-0.39, 0.29) is 39.9 Å². The number of anilines is 1. The molecule has 0 spiro atoms. The van der Waals surface area contributed by atoms with Crippen LogP contribution in [0, 0.1) is 11.7 Å². The van der Waals surface area contributed by atoms with Crippen LogP contribution in [0.4, 0.5) is 10.2 Å². The molecule has 2 bridgehead atoms. The highest BCUT2D eigenvalue weighted by Crippen LogP contribution is 2.43. The van der Waals surface area contributed by atoms with Gasteiger partial charge < -0.3 is 24.8 Å². The van der Waals surface area contributed by atoms with Gasteiger partial charge in [-0.25, -0.2) is 4.39 Å². The third-order valence-corrected chi connectivity index (χ3v) is 9.55. The van der Waals surface area contributed by atoms with E-state index in [1.54, 1.807) is 18.2 Å². The van der Waals surface area contributed by atoms with Crippen LogP contribution < -0.4 is 15.0 Å². The molecule has 10 heteroatoms. The van der Waals surface area contributed by atoms with E-state index in [1.807, 2.05) is 24.3 Å². The molecule has 8 nitrogen and oxygen atoms in total. The second kappa shape index (κ2) is 11.9. The Bertz CT molecular complexity index is 1690. The van der Waals surface area contributed by atoms with Gasteiger partial charge in [0.25, 0.3) is 0 Å². The van der Waals surface area contributed by atoms with Crippen LogP contribution in [-0.4, -0.2) is 83.6 Å². The lowest BCUT2D eigenvalue weighted by atomic mass is 9.96. The summed E-state index contributed by atoms with van der Waals surface area (Å²) in [6, 6.07) is 13.8. The van der Waals surface area contributed by atoms with E-state index >= 15 is 4.39 Å². The third-order valence-electron chi connectivity index (χ3n) is 9.25. The molecule has 3 aromatic carbocycles. The average molecular weight is 620 g/mol. The monoisotopic (exact) mass is 619 g/mol. The fourth-order valence-electron chi connectivity index (χ4n) is 7.08. The zero-order chi connectivity index (χ0) is 30.5. The molecule has 3 aliphatic heterocycles. The number of morpholine rings is 1. The maximum atomic E-state index is 16.8. The largest absolute Gasteiger partial charge is 0.508 e. The highest BCUT2D eigenvalue weighted by Gasteiger charge is 2.34. The molecule has 5 atom stereocenters. The Kier molecular flexibility index (Phi) is 7.99. The third kappa shape index (κ3) is 5.67. The van der Waals surface area contributed by atoms with Gasteiger partial charge in [0.05, 0.1) is 24.3 Å². The van der Waals surface area contributed by atoms with E-state index in [2.05, 4.69) is 40.9 Å². The number of nitrogens with one attached hydrogen (secondary N) is 1. The van der Waals surface area contributed by atoms with Gasteiger partial charge in [0.1, 0.15) is 17.1 Å². The molecule has 0 radical (unpaired) electrons. The highest BCUT2D eigenvalue weighted by molar-refractivity contribution is 6.35. The number of ether oxygens (including phenoxy) is 2. The molecule has 0 saturated carbocycles. The summed E-state index contributed by atoms with van der Waals surface area (Å²) in [6.07, 6.45) is 2.41. The van der Waals surface area contributed by atoms with Crippen molar-refractivity contribution in [2.75, 3.05) is 44.3 Å². The van der Waals surface area contributed by atoms with Crippen molar-refractivity contribution in [1.82, 2.24) is 20.2 Å². The van der Waals surface area contributed by atoms with Crippen LogP contribution in [0.15, 0.2) is 42.5 Å². The summed E-state index contributed by atoms with van der Waals surface area (Å²) < 4.78 is 28.8. The molecule has 44 heavy (non-hydrogen) atoms. The minimum Gasteiger partial charge on any atom is -0.508 e. The Balaban J connectivity index is 1.28. The van der Waals surface area contributed by atoms with Gasteiger partial charge in [0.15, 0.2) is 5.82 Å². The molecule has 0 amide bonds. The summed E-state index contributed by atoms with van der Waals surface area (Å²) in [5.74, 6) is 0.319. The normalized spacial score (nSPS) is 24.7. The molecule has 2 unspecified atom stereocenters. The van der Waals surface area contributed by atoms with Crippen LogP contribution in [0.5, 0.6) is 11.8 Å². The van der Waals surface area contributed by atoms with Gasteiger partial charge in [-0.3, -0.25) is 4.90 Å². The topological polar surface area (TPSA) is 83.0 Å². The number of phenols is 1. The van der Waals surface area contributed by atoms with Crippen LogP contribution in [0.3, 0.4) is 0 Å². The van der Waals surface area contributed by atoms with Crippen molar-refractivity contribution in [2.45, 2.75) is 57.8 Å². The second-order valence-corrected chi connectivity index (χ2v) is 13.3. The molecule has 2 N–H and O–H groups in total. The van der Waals surface area contributed by atoms with Crippen LogP contribution in [0.2, 0.25) is 5.02 Å². The number of phenolic OH excluding ortho intramolecular Hbond substituents is 1. The Morgan fingerprint density at radius 1 is 1.09 bits per heavy atom. The summed E-state index contributed by atoms with van der Waals surface area (Å²) in [6.45, 7) is 10.8. The van der Waals surface area contributed by atoms with Gasteiger partial charge in [-0.1, -0.05) is 42.8 Å². The van der Waals surface area contributed by atoms with Gasteiger partial charge in [0.2, 0.25) is 0 Å². The van der Waals surface area contributed by atoms with Crippen molar-refractivity contribution < 1.29 is 19.0 Å². The van der Waals surface area contributed by atoms with Crippen molar-refractivity contribution in [3.63, 3.8) is 0 Å². The predicted octanol–water partition coefficient (Wildman–Crippen LogP) is 6.01. The first-order valence-electron chi connectivity index (χ1n) is 15.6. The molecule has 7 rings (SSSR count). The number of nitrogens with zero attached hydrogens (tertiary/aromatic N) is 4. The molecule has 4 heterocycles. The second-order valence-electron chi connectivity index (χ2n) is 12.9. The molecular weight excluding hydrogens is 581 g/mol. The molecule has 4 aromatic rings. The van der Waals surface area contributed by atoms with Crippen LogP contribution in [0.1, 0.15) is 33.6 Å². The molecule has 3 saturated heterocycles. The van der Waals surface area contributed by atoms with Crippen molar-refractivity contribution in [3.8, 4) is 22.9 Å². The summed E-state index contributed by atoms with van der Waals surface area (Å²) in [5, 5.41) is 16.6. The fraction of sp³-hybridized carbons (Fsp3) is 0.471. The summed E-state index contributed by atoms with van der Waals surface area (Å²) >= 11 is 6.88. The van der Waals surface area contributed by atoms with E-state index in [0.717, 1.165) is 56.4 Å². The first-order chi connectivity index (χ1) is 21.2. The fourth-order valence-corrected chi connectivity index (χ4v) is 7.37. The summed E-state index contributed by atoms with van der Waals surface area (Å²) in [5.41, 5.74) is 0.868. The number of piperazine rings is 1. The number of hydrogen-bond donors (Lipinski definition) is 2. The number of hydrogen-bond acceptors (Lipinski definition) is 8. The first-order valence-corrected chi connectivity index (χ1v) is 16.0. The smallest absolute Gasteiger partial charge is 0.319 e. The zero-order valence-electron chi connectivity index (χ0n) is 25.4. The number of benzene rings is 3. The molecule has 3 fully saturated rings. The molecule has 0 aliphatic carbocycles. The Morgan fingerprint density at radius 3 is 2.66 bits per heavy atom. The van der Waals surface area contributed by atoms with Gasteiger partial charge >= 0.3 is 6.01 Å². The Morgan fingerprint density at radius 2 is 1.86 bits per heavy atom. The van der Waals surface area contributed by atoms with Gasteiger partial charge in [-0.15, -0.1) is 0 Å². The number of aromatic hydroxyl groups is 1. The van der Waals surface area contributed by atoms with Gasteiger partial charge in [0, 0.05) is 61.2 Å². The lowest BCUT2D eigenvalue weighted by Gasteiger charge is -2.38. The van der Waals surface area contributed by atoms with Gasteiger partial charge in [-0.2, -0.15) is 9.97 Å². The van der Waals surface area contributed by atoms with Crippen molar-refractivity contribution >= 4 is 39.1 Å². The first kappa shape index (κ1) is 29.5. The maximum Gasteiger partial charge on any atom is 0.319 e. The minimum absolute atomic E-state index is 0.0379. The quantitative estimate of drug-likeness (QED) is 0.260. The predicted molar refractivity (Wildman–Crippen MR) is 172 cm³/mol. The average Bonchev–Trinajstić information content (AvgIpc) is 3.34. The maximum absolute atomic E-state index is 16.8. The number of rotatable bonds is 7. The molecule has 1 aromatic heterocycles. The van der Waals surface area contributed by atoms with Crippen LogP contribution in [-0.2, 0) is 4.74 Å². The van der Waals surface area contributed by atoms with Crippen molar-refractivity contribution in [3.05, 3.63) is 53.3 Å². The summed E-state index contributed by atoms with van der Waals surface area (Å²) in [4.78, 5) is 14.2. The van der Waals surface area contributed by atoms with E-state index in [4.69, 9.17) is 26.1 Å². The SMILES string of the molecule is C[C@@H](COc1nc(N2CC3CCC(C2)N3)c2cc(Cl)c(-c3cc(O)cc4ccccc34)c(F)c2n1)CN1C[C@H](C)OC[C@H]1C. The number of fused-ring (bicyclic) bond motifs is 4. The standard InChI is InChI=1S/C34H39ClFN5O3/c1-19(13-40-14-21(3)43-18-20(40)2)17-44-34-38-32-28(33(39-34)41-15-23-8-9-24(16-41)37-23)12-29(35)30(31(32)36)27-11-25(42)10-22-6-4-5-7-26(22)27/h4-7,10-12,19-21,23-24,37,42H,8-9,13-18H2,1-3H3/t19-,20-,21+,23?,24?/m1/s1. The van der Waals surface area contributed by atoms with E-state index in [9.17, 15) is 5.11 Å². The molecule has 232 valence electrons. The number of aromatic nitrogens is 2.